The van der Waals surface area contributed by atoms with E-state index < -0.39 is 6.10 Å². The van der Waals surface area contributed by atoms with Crippen LogP contribution in [0.3, 0.4) is 0 Å². The number of methoxy groups -OCH3 is 2. The van der Waals surface area contributed by atoms with Crippen molar-refractivity contribution in [3.8, 4) is 0 Å². The Morgan fingerprint density at radius 2 is 1.80 bits per heavy atom. The van der Waals surface area contributed by atoms with Crippen molar-refractivity contribution in [2.75, 3.05) is 27.4 Å². The first-order valence-corrected chi connectivity index (χ1v) is 3.46. The molecule has 0 aromatic rings. The molecule has 2 atom stereocenters. The van der Waals surface area contributed by atoms with E-state index in [-0.39, 0.29) is 12.0 Å². The summed E-state index contributed by atoms with van der Waals surface area (Å²) in [6.07, 6.45) is -0.647. The molecule has 0 amide bonds. The molecule has 10 heavy (non-hydrogen) atoms. The molecule has 0 aromatic carbocycles. The van der Waals surface area contributed by atoms with Crippen molar-refractivity contribution in [1.29, 1.82) is 0 Å². The third kappa shape index (κ3) is 4.06. The summed E-state index contributed by atoms with van der Waals surface area (Å²) in [7, 11) is 3.05. The molecule has 0 saturated heterocycles. The molecule has 3 nitrogen and oxygen atoms in total. The van der Waals surface area contributed by atoms with Gasteiger partial charge >= 0.3 is 0 Å². The van der Waals surface area contributed by atoms with Crippen molar-refractivity contribution in [3.63, 3.8) is 0 Å². The van der Waals surface area contributed by atoms with Crippen molar-refractivity contribution in [2.24, 2.45) is 0 Å². The first-order chi connectivity index (χ1) is 4.72. The van der Waals surface area contributed by atoms with E-state index >= 15 is 0 Å². The highest BCUT2D eigenvalue weighted by Gasteiger charge is 2.15. The van der Waals surface area contributed by atoms with E-state index in [1.165, 1.54) is 14.2 Å². The molecule has 0 aromatic heterocycles. The van der Waals surface area contributed by atoms with Gasteiger partial charge in [-0.1, -0.05) is 0 Å². The van der Waals surface area contributed by atoms with Crippen molar-refractivity contribution in [1.82, 2.24) is 0 Å². The van der Waals surface area contributed by atoms with Crippen LogP contribution in [-0.4, -0.2) is 44.0 Å². The molecule has 0 heterocycles. The summed E-state index contributed by atoms with van der Waals surface area (Å²) in [4.78, 5) is 0. The molecule has 2 unspecified atom stereocenters. The van der Waals surface area contributed by atoms with Crippen LogP contribution in [0.5, 0.6) is 0 Å². The van der Waals surface area contributed by atoms with Gasteiger partial charge in [0.05, 0.1) is 24.7 Å². The van der Waals surface area contributed by atoms with Crippen LogP contribution in [0.25, 0.3) is 0 Å². The molecule has 0 spiro atoms. The van der Waals surface area contributed by atoms with Gasteiger partial charge in [0.15, 0.2) is 0 Å². The molecule has 1 N–H and O–H groups in total. The van der Waals surface area contributed by atoms with Gasteiger partial charge in [-0.25, -0.2) is 0 Å². The second-order valence-corrected chi connectivity index (χ2v) is 2.55. The van der Waals surface area contributed by atoms with Gasteiger partial charge in [0, 0.05) is 14.2 Å². The maximum Gasteiger partial charge on any atom is 0.0959 e. The van der Waals surface area contributed by atoms with Gasteiger partial charge in [-0.3, -0.25) is 0 Å². The maximum absolute atomic E-state index is 9.11. The molecule has 0 aliphatic carbocycles. The Morgan fingerprint density at radius 1 is 1.30 bits per heavy atom. The normalized spacial score (nSPS) is 16.8. The predicted octanol–water partition coefficient (Wildman–Crippen LogP) is 0.248. The van der Waals surface area contributed by atoms with Crippen LogP contribution in [-0.2, 0) is 9.47 Å². The minimum Gasteiger partial charge on any atom is -0.389 e. The number of halogens is 1. The number of alkyl halides is 1. The fourth-order valence-corrected chi connectivity index (χ4v) is 0.744. The highest BCUT2D eigenvalue weighted by molar-refractivity contribution is 6.21. The highest BCUT2D eigenvalue weighted by atomic mass is 35.5. The number of rotatable bonds is 5. The molecule has 0 radical (unpaired) electrons. The molecule has 0 aliphatic rings. The van der Waals surface area contributed by atoms with Crippen LogP contribution in [0, 0.1) is 0 Å². The third-order valence-corrected chi connectivity index (χ3v) is 1.50. The monoisotopic (exact) mass is 168 g/mol. The third-order valence-electron chi connectivity index (χ3n) is 1.08. The molecule has 0 rings (SSSR count). The number of ether oxygens (including phenoxy) is 2. The van der Waals surface area contributed by atoms with Crippen LogP contribution < -0.4 is 0 Å². The van der Waals surface area contributed by atoms with E-state index in [4.69, 9.17) is 21.4 Å². The largest absolute Gasteiger partial charge is 0.389 e. The average molecular weight is 169 g/mol. The molecule has 0 fully saturated rings. The fraction of sp³-hybridized carbons (Fsp3) is 1.00. The number of aliphatic hydroxyl groups excluding tert-OH is 1. The maximum atomic E-state index is 9.11. The standard InChI is InChI=1S/C6H13ClO3/c1-9-3-5(7)6(8)4-10-2/h5-6,8H,3-4H2,1-2H3. The van der Waals surface area contributed by atoms with E-state index in [2.05, 4.69) is 4.74 Å². The van der Waals surface area contributed by atoms with Gasteiger partial charge in [0.1, 0.15) is 0 Å². The van der Waals surface area contributed by atoms with Gasteiger partial charge in [-0.05, 0) is 0 Å². The van der Waals surface area contributed by atoms with Crippen LogP contribution in [0.1, 0.15) is 0 Å². The smallest absolute Gasteiger partial charge is 0.0959 e. The van der Waals surface area contributed by atoms with Crippen LogP contribution in [0.15, 0.2) is 0 Å². The summed E-state index contributed by atoms with van der Waals surface area (Å²) >= 11 is 5.66. The summed E-state index contributed by atoms with van der Waals surface area (Å²) < 4.78 is 9.40. The Hall–Kier alpha value is 0.170. The van der Waals surface area contributed by atoms with E-state index in [0.717, 1.165) is 0 Å². The first kappa shape index (κ1) is 10.2. The lowest BCUT2D eigenvalue weighted by atomic mass is 10.3. The van der Waals surface area contributed by atoms with Crippen LogP contribution in [0.4, 0.5) is 0 Å². The van der Waals surface area contributed by atoms with Crippen LogP contribution in [0.2, 0.25) is 0 Å². The lowest BCUT2D eigenvalue weighted by Crippen LogP contribution is -2.29. The lowest BCUT2D eigenvalue weighted by molar-refractivity contribution is 0.0440. The minimum atomic E-state index is -0.647. The zero-order valence-corrected chi connectivity index (χ0v) is 6.97. The van der Waals surface area contributed by atoms with Gasteiger partial charge < -0.3 is 14.6 Å². The van der Waals surface area contributed by atoms with E-state index in [1.54, 1.807) is 0 Å². The SMILES string of the molecule is COCC(O)C(Cl)COC. The zero-order chi connectivity index (χ0) is 7.98. The van der Waals surface area contributed by atoms with Gasteiger partial charge in [0.25, 0.3) is 0 Å². The van der Waals surface area contributed by atoms with Crippen molar-refractivity contribution in [3.05, 3.63) is 0 Å². The second-order valence-electron chi connectivity index (χ2n) is 1.99. The topological polar surface area (TPSA) is 38.7 Å². The first-order valence-electron chi connectivity index (χ1n) is 3.02. The Morgan fingerprint density at radius 3 is 2.20 bits per heavy atom. The Bertz CT molecular complexity index is 69.4. The lowest BCUT2D eigenvalue weighted by Gasteiger charge is -2.14. The van der Waals surface area contributed by atoms with Crippen molar-refractivity contribution >= 4 is 11.6 Å². The summed E-state index contributed by atoms with van der Waals surface area (Å²) in [5.41, 5.74) is 0. The molecule has 0 saturated carbocycles. The number of hydrogen-bond acceptors (Lipinski definition) is 3. The predicted molar refractivity (Wildman–Crippen MR) is 39.4 cm³/mol. The Balaban J connectivity index is 3.38. The average Bonchev–Trinajstić information content (AvgIpc) is 1.89. The molecular weight excluding hydrogens is 156 g/mol. The molecule has 62 valence electrons. The quantitative estimate of drug-likeness (QED) is 0.598. The van der Waals surface area contributed by atoms with E-state index in [1.807, 2.05) is 0 Å². The van der Waals surface area contributed by atoms with Crippen LogP contribution >= 0.6 is 11.6 Å². The Kier molecular flexibility index (Phi) is 6.02. The summed E-state index contributed by atoms with van der Waals surface area (Å²) in [6, 6.07) is 0. The fourth-order valence-electron chi connectivity index (χ4n) is 0.545. The summed E-state index contributed by atoms with van der Waals surface area (Å²) in [5.74, 6) is 0. The van der Waals surface area contributed by atoms with Crippen molar-refractivity contribution < 1.29 is 14.6 Å². The number of aliphatic hydroxyl groups is 1. The van der Waals surface area contributed by atoms with Gasteiger partial charge in [0.2, 0.25) is 0 Å². The van der Waals surface area contributed by atoms with E-state index in [0.29, 0.717) is 6.61 Å². The van der Waals surface area contributed by atoms with Crippen molar-refractivity contribution in [2.45, 2.75) is 11.5 Å². The molecular formula is C6H13ClO3. The van der Waals surface area contributed by atoms with E-state index in [9.17, 15) is 0 Å². The summed E-state index contributed by atoms with van der Waals surface area (Å²) in [6.45, 7) is 0.587. The number of hydrogen-bond donors (Lipinski definition) is 1. The minimum absolute atomic E-state index is 0.248. The zero-order valence-electron chi connectivity index (χ0n) is 6.21. The second kappa shape index (κ2) is 5.92. The highest BCUT2D eigenvalue weighted by Crippen LogP contribution is 2.02. The molecule has 0 bridgehead atoms. The van der Waals surface area contributed by atoms with Gasteiger partial charge in [-0.2, -0.15) is 0 Å². The Labute approximate surface area is 65.9 Å². The van der Waals surface area contributed by atoms with Gasteiger partial charge in [-0.15, -0.1) is 11.6 Å². The molecule has 0 aliphatic heterocycles. The molecule has 4 heteroatoms. The summed E-state index contributed by atoms with van der Waals surface area (Å²) in [5, 5.41) is 8.73.